The number of hydrogen-bond donors (Lipinski definition) is 0. The third-order valence-electron chi connectivity index (χ3n) is 10.8. The van der Waals surface area contributed by atoms with E-state index in [1.165, 1.54) is 56.0 Å². The summed E-state index contributed by atoms with van der Waals surface area (Å²) in [5.74, 6) is 0. The van der Waals surface area contributed by atoms with Crippen LogP contribution in [0.1, 0.15) is 76.3 Å². The highest BCUT2D eigenvalue weighted by Gasteiger charge is 2.45. The van der Waals surface area contributed by atoms with Crippen molar-refractivity contribution < 1.29 is 0 Å². The maximum absolute atomic E-state index is 2.54. The van der Waals surface area contributed by atoms with Crippen molar-refractivity contribution in [2.75, 3.05) is 9.80 Å². The van der Waals surface area contributed by atoms with Crippen LogP contribution in [0.2, 0.25) is 0 Å². The number of fused-ring (bicyclic) bond motifs is 4. The second-order valence-electron chi connectivity index (χ2n) is 15.6. The molecule has 6 aromatic rings. The predicted molar refractivity (Wildman–Crippen MR) is 204 cm³/mol. The van der Waals surface area contributed by atoms with Gasteiger partial charge in [-0.25, -0.2) is 0 Å². The molecule has 0 fully saturated rings. The van der Waals surface area contributed by atoms with Gasteiger partial charge in [0, 0.05) is 27.9 Å². The Kier molecular flexibility index (Phi) is 6.76. The van der Waals surface area contributed by atoms with E-state index in [9.17, 15) is 0 Å². The minimum Gasteiger partial charge on any atom is -0.310 e. The molecular formula is C46H44N2. The maximum Gasteiger partial charge on any atom is 0.0543 e. The van der Waals surface area contributed by atoms with Gasteiger partial charge in [0.15, 0.2) is 0 Å². The van der Waals surface area contributed by atoms with Crippen LogP contribution in [0.15, 0.2) is 140 Å². The van der Waals surface area contributed by atoms with Gasteiger partial charge in [0.2, 0.25) is 0 Å². The Morgan fingerprint density at radius 3 is 1.71 bits per heavy atom. The van der Waals surface area contributed by atoms with Crippen molar-refractivity contribution in [1.82, 2.24) is 0 Å². The van der Waals surface area contributed by atoms with E-state index in [1.54, 1.807) is 0 Å². The third kappa shape index (κ3) is 4.61. The fourth-order valence-corrected chi connectivity index (χ4v) is 8.02. The van der Waals surface area contributed by atoms with Gasteiger partial charge in [0.05, 0.1) is 17.1 Å². The summed E-state index contributed by atoms with van der Waals surface area (Å²) in [6.45, 7) is 16.4. The molecule has 238 valence electrons. The second-order valence-corrected chi connectivity index (χ2v) is 15.6. The number of nitrogens with zero attached hydrogens (tertiary/aromatic N) is 2. The molecule has 0 N–H and O–H groups in total. The zero-order chi connectivity index (χ0) is 33.4. The average Bonchev–Trinajstić information content (AvgIpc) is 3.09. The van der Waals surface area contributed by atoms with Gasteiger partial charge >= 0.3 is 0 Å². The van der Waals surface area contributed by atoms with Crippen LogP contribution in [0.4, 0.5) is 34.1 Å². The molecule has 0 saturated carbocycles. The van der Waals surface area contributed by atoms with Crippen molar-refractivity contribution in [3.8, 4) is 11.1 Å². The average molecular weight is 625 g/mol. The van der Waals surface area contributed by atoms with Gasteiger partial charge in [-0.05, 0) is 92.9 Å². The Balaban J connectivity index is 1.34. The van der Waals surface area contributed by atoms with E-state index in [2.05, 4.69) is 198 Å². The second kappa shape index (κ2) is 10.7. The molecule has 0 saturated heterocycles. The van der Waals surface area contributed by atoms with Crippen LogP contribution in [0.25, 0.3) is 11.1 Å². The first-order chi connectivity index (χ1) is 23.0. The summed E-state index contributed by atoms with van der Waals surface area (Å²) >= 11 is 0. The van der Waals surface area contributed by atoms with E-state index < -0.39 is 0 Å². The SMILES string of the molecule is CC(C)(C)c1ccc(N(c2cccc(-c3ccccc3)c2)c2ccc3c(c2)C(C)(C)c2cccc4c2N3c2ccccc2C4(C)C)cc1. The molecule has 0 spiro atoms. The Hall–Kier alpha value is -5.08. The van der Waals surface area contributed by atoms with Gasteiger partial charge in [-0.2, -0.15) is 0 Å². The fourth-order valence-electron chi connectivity index (χ4n) is 8.02. The highest BCUT2D eigenvalue weighted by Crippen LogP contribution is 2.60. The van der Waals surface area contributed by atoms with Crippen LogP contribution in [-0.2, 0) is 16.2 Å². The lowest BCUT2D eigenvalue weighted by Crippen LogP contribution is -2.38. The summed E-state index contributed by atoms with van der Waals surface area (Å²) in [5, 5.41) is 0. The van der Waals surface area contributed by atoms with Gasteiger partial charge in [-0.1, -0.05) is 139 Å². The smallest absolute Gasteiger partial charge is 0.0543 e. The van der Waals surface area contributed by atoms with E-state index in [0.717, 1.165) is 17.1 Å². The predicted octanol–water partition coefficient (Wildman–Crippen LogP) is 12.9. The molecule has 48 heavy (non-hydrogen) atoms. The quantitative estimate of drug-likeness (QED) is 0.193. The maximum atomic E-state index is 2.54. The van der Waals surface area contributed by atoms with E-state index in [0.29, 0.717) is 0 Å². The Morgan fingerprint density at radius 2 is 1.00 bits per heavy atom. The summed E-state index contributed by atoms with van der Waals surface area (Å²) in [7, 11) is 0. The Bertz CT molecular complexity index is 2160. The highest BCUT2D eigenvalue weighted by molar-refractivity contribution is 5.94. The molecule has 6 aromatic carbocycles. The molecule has 0 radical (unpaired) electrons. The van der Waals surface area contributed by atoms with Crippen molar-refractivity contribution in [3.63, 3.8) is 0 Å². The molecule has 0 bridgehead atoms. The molecule has 0 aromatic heterocycles. The first kappa shape index (κ1) is 30.3. The number of benzene rings is 6. The van der Waals surface area contributed by atoms with Crippen LogP contribution in [0.3, 0.4) is 0 Å². The Morgan fingerprint density at radius 1 is 0.458 bits per heavy atom. The fraction of sp³-hybridized carbons (Fsp3) is 0.217. The van der Waals surface area contributed by atoms with Crippen molar-refractivity contribution in [1.29, 1.82) is 0 Å². The summed E-state index contributed by atoms with van der Waals surface area (Å²) < 4.78 is 0. The normalized spacial score (nSPS) is 15.3. The lowest BCUT2D eigenvalue weighted by molar-refractivity contribution is 0.590. The minimum atomic E-state index is -0.205. The molecule has 0 aliphatic carbocycles. The molecule has 2 heterocycles. The van der Waals surface area contributed by atoms with Gasteiger partial charge in [-0.3, -0.25) is 0 Å². The van der Waals surface area contributed by atoms with E-state index in [4.69, 9.17) is 0 Å². The van der Waals surface area contributed by atoms with Gasteiger partial charge in [0.25, 0.3) is 0 Å². The summed E-state index contributed by atoms with van der Waals surface area (Å²) in [6, 6.07) is 51.8. The summed E-state index contributed by atoms with van der Waals surface area (Å²) in [4.78, 5) is 4.96. The molecule has 0 amide bonds. The van der Waals surface area contributed by atoms with Crippen LogP contribution < -0.4 is 9.80 Å². The first-order valence-electron chi connectivity index (χ1n) is 17.2. The summed E-state index contributed by atoms with van der Waals surface area (Å²) in [6.07, 6.45) is 0. The zero-order valence-electron chi connectivity index (χ0n) is 29.2. The van der Waals surface area contributed by atoms with Crippen LogP contribution in [0, 0.1) is 0 Å². The minimum absolute atomic E-state index is 0.0813. The molecular weight excluding hydrogens is 581 g/mol. The van der Waals surface area contributed by atoms with E-state index in [-0.39, 0.29) is 16.2 Å². The van der Waals surface area contributed by atoms with Crippen LogP contribution >= 0.6 is 0 Å². The zero-order valence-corrected chi connectivity index (χ0v) is 29.2. The van der Waals surface area contributed by atoms with Crippen LogP contribution in [0.5, 0.6) is 0 Å². The van der Waals surface area contributed by atoms with E-state index in [1.807, 2.05) is 0 Å². The monoisotopic (exact) mass is 624 g/mol. The molecule has 0 atom stereocenters. The number of anilines is 6. The molecule has 0 unspecified atom stereocenters. The first-order valence-corrected chi connectivity index (χ1v) is 17.2. The van der Waals surface area contributed by atoms with Gasteiger partial charge in [0.1, 0.15) is 0 Å². The topological polar surface area (TPSA) is 6.48 Å². The molecule has 2 heteroatoms. The summed E-state index contributed by atoms with van der Waals surface area (Å²) in [5.41, 5.74) is 16.3. The highest BCUT2D eigenvalue weighted by atomic mass is 15.2. The number of rotatable bonds is 4. The largest absolute Gasteiger partial charge is 0.310 e. The number of hydrogen-bond acceptors (Lipinski definition) is 2. The lowest BCUT2D eigenvalue weighted by Gasteiger charge is -2.49. The standard InChI is InChI=1S/C46H44N2/c1-44(2,3)33-23-25-34(26-24-33)47(35-18-13-17-32(29-35)31-15-9-8-10-16-31)36-27-28-42-40(30-36)46(6,7)39-21-14-20-38-43(39)48(42)41-22-12-11-19-37(41)45(38,4)5/h8-30H,1-7H3. The van der Waals surface area contributed by atoms with Crippen LogP contribution in [-0.4, -0.2) is 0 Å². The van der Waals surface area contributed by atoms with Gasteiger partial charge in [-0.15, -0.1) is 0 Å². The van der Waals surface area contributed by atoms with Crippen molar-refractivity contribution in [2.45, 2.75) is 64.7 Å². The number of para-hydroxylation sites is 2. The molecule has 2 nitrogen and oxygen atoms in total. The van der Waals surface area contributed by atoms with Crippen molar-refractivity contribution in [2.24, 2.45) is 0 Å². The third-order valence-corrected chi connectivity index (χ3v) is 10.8. The Labute approximate surface area is 286 Å². The molecule has 2 aliphatic heterocycles. The van der Waals surface area contributed by atoms with Crippen molar-refractivity contribution >= 4 is 34.1 Å². The molecule has 8 rings (SSSR count). The van der Waals surface area contributed by atoms with E-state index >= 15 is 0 Å². The van der Waals surface area contributed by atoms with Crippen molar-refractivity contribution in [3.05, 3.63) is 167 Å². The molecule has 2 aliphatic rings. The lowest BCUT2D eigenvalue weighted by atomic mass is 9.66. The van der Waals surface area contributed by atoms with Gasteiger partial charge < -0.3 is 9.80 Å².